The van der Waals surface area contributed by atoms with Crippen LogP contribution in [0.2, 0.25) is 0 Å². The van der Waals surface area contributed by atoms with Gasteiger partial charge in [-0.3, -0.25) is 10.1 Å². The van der Waals surface area contributed by atoms with Crippen LogP contribution in [0.3, 0.4) is 0 Å². The summed E-state index contributed by atoms with van der Waals surface area (Å²) in [5.41, 5.74) is 0. The highest BCUT2D eigenvalue weighted by Gasteiger charge is 2.41. The predicted molar refractivity (Wildman–Crippen MR) is 31.7 cm³/mol. The lowest BCUT2D eigenvalue weighted by molar-refractivity contribution is -0.497. The van der Waals surface area contributed by atoms with Gasteiger partial charge in [-0.25, -0.2) is 0 Å². The maximum absolute atomic E-state index is 11.8. The minimum absolute atomic E-state index is 0.246. The fourth-order valence-electron chi connectivity index (χ4n) is 0.644. The molecule has 0 fully saturated rings. The second kappa shape index (κ2) is 3.54. The molecule has 0 aromatic rings. The first-order chi connectivity index (χ1) is 4.88. The largest absolute Gasteiger partial charge is 0.398 e. The minimum Gasteiger partial charge on any atom is -0.265 e. The van der Waals surface area contributed by atoms with Gasteiger partial charge in [0.05, 0.1) is 0 Å². The van der Waals surface area contributed by atoms with Crippen LogP contribution >= 0.6 is 0 Å². The van der Waals surface area contributed by atoms with E-state index in [0.717, 1.165) is 0 Å². The van der Waals surface area contributed by atoms with E-state index in [-0.39, 0.29) is 6.42 Å². The van der Waals surface area contributed by atoms with Crippen molar-refractivity contribution in [2.75, 3.05) is 6.54 Å². The van der Waals surface area contributed by atoms with Crippen LogP contribution in [0.4, 0.5) is 13.2 Å². The van der Waals surface area contributed by atoms with E-state index in [0.29, 0.717) is 0 Å². The molecule has 0 saturated heterocycles. The zero-order valence-electron chi connectivity index (χ0n) is 5.89. The maximum Gasteiger partial charge on any atom is 0.398 e. The van der Waals surface area contributed by atoms with Crippen LogP contribution in [0.1, 0.15) is 13.3 Å². The normalized spacial score (nSPS) is 14.5. The van der Waals surface area contributed by atoms with E-state index >= 15 is 0 Å². The van der Waals surface area contributed by atoms with Gasteiger partial charge in [0, 0.05) is 4.92 Å². The number of rotatable bonds is 3. The van der Waals surface area contributed by atoms with Crippen molar-refractivity contribution in [3.8, 4) is 0 Å². The highest BCUT2D eigenvalue weighted by molar-refractivity contribution is 4.63. The second-order valence-electron chi connectivity index (χ2n) is 2.16. The molecule has 0 bridgehead atoms. The summed E-state index contributed by atoms with van der Waals surface area (Å²) in [6, 6.07) is 0. The number of nitrogens with zero attached hydrogens (tertiary/aromatic N) is 1. The highest BCUT2D eigenvalue weighted by atomic mass is 19.4. The van der Waals surface area contributed by atoms with Crippen LogP contribution in [0.15, 0.2) is 0 Å². The SMILES string of the molecule is CCC(C[N+](=O)[O-])C(F)(F)F. The van der Waals surface area contributed by atoms with Crippen molar-refractivity contribution in [1.29, 1.82) is 0 Å². The molecule has 0 aliphatic heterocycles. The summed E-state index contributed by atoms with van der Waals surface area (Å²) in [5, 5.41) is 9.72. The van der Waals surface area contributed by atoms with Crippen molar-refractivity contribution in [2.24, 2.45) is 5.92 Å². The topological polar surface area (TPSA) is 43.1 Å². The van der Waals surface area contributed by atoms with Gasteiger partial charge < -0.3 is 0 Å². The van der Waals surface area contributed by atoms with Gasteiger partial charge >= 0.3 is 6.18 Å². The first-order valence-electron chi connectivity index (χ1n) is 3.06. The van der Waals surface area contributed by atoms with Gasteiger partial charge in [-0.1, -0.05) is 6.92 Å². The van der Waals surface area contributed by atoms with Crippen LogP contribution < -0.4 is 0 Å². The second-order valence-corrected chi connectivity index (χ2v) is 2.16. The van der Waals surface area contributed by atoms with Crippen molar-refractivity contribution in [3.63, 3.8) is 0 Å². The van der Waals surface area contributed by atoms with Crippen LogP contribution in [0.5, 0.6) is 0 Å². The van der Waals surface area contributed by atoms with Gasteiger partial charge in [-0.2, -0.15) is 13.2 Å². The molecule has 0 N–H and O–H groups in total. The molecule has 3 nitrogen and oxygen atoms in total. The monoisotopic (exact) mass is 171 g/mol. The molecular formula is C5H8F3NO2. The number of hydrogen-bond acceptors (Lipinski definition) is 2. The Morgan fingerprint density at radius 1 is 1.55 bits per heavy atom. The molecular weight excluding hydrogens is 163 g/mol. The number of nitro groups is 1. The molecule has 66 valence electrons. The molecule has 0 rings (SSSR count). The van der Waals surface area contributed by atoms with Crippen LogP contribution in [0, 0.1) is 16.0 Å². The van der Waals surface area contributed by atoms with E-state index in [1.165, 1.54) is 6.92 Å². The van der Waals surface area contributed by atoms with Gasteiger partial charge in [0.1, 0.15) is 5.92 Å². The Hall–Kier alpha value is -0.810. The summed E-state index contributed by atoms with van der Waals surface area (Å²) in [6.45, 7) is 0.252. The Labute approximate surface area is 61.3 Å². The van der Waals surface area contributed by atoms with Crippen LogP contribution in [0.25, 0.3) is 0 Å². The van der Waals surface area contributed by atoms with Gasteiger partial charge in [-0.15, -0.1) is 0 Å². The fraction of sp³-hybridized carbons (Fsp3) is 1.00. The summed E-state index contributed by atoms with van der Waals surface area (Å²) in [5.74, 6) is -1.81. The van der Waals surface area contributed by atoms with E-state index < -0.39 is 23.6 Å². The molecule has 6 heteroatoms. The average molecular weight is 171 g/mol. The molecule has 1 unspecified atom stereocenters. The van der Waals surface area contributed by atoms with Crippen LogP contribution in [-0.2, 0) is 0 Å². The third-order valence-corrected chi connectivity index (χ3v) is 1.33. The third-order valence-electron chi connectivity index (χ3n) is 1.33. The highest BCUT2D eigenvalue weighted by Crippen LogP contribution is 2.28. The van der Waals surface area contributed by atoms with Crippen molar-refractivity contribution in [3.05, 3.63) is 10.1 Å². The lowest BCUT2D eigenvalue weighted by atomic mass is 10.1. The van der Waals surface area contributed by atoms with E-state index in [4.69, 9.17) is 0 Å². The molecule has 0 aromatic heterocycles. The Morgan fingerprint density at radius 2 is 2.00 bits per heavy atom. The van der Waals surface area contributed by atoms with E-state index in [1.807, 2.05) is 0 Å². The molecule has 0 heterocycles. The third kappa shape index (κ3) is 3.79. The predicted octanol–water partition coefficient (Wildman–Crippen LogP) is 1.85. The maximum atomic E-state index is 11.8. The summed E-state index contributed by atoms with van der Waals surface area (Å²) in [7, 11) is 0. The first-order valence-corrected chi connectivity index (χ1v) is 3.06. The first kappa shape index (κ1) is 10.2. The van der Waals surface area contributed by atoms with E-state index in [9.17, 15) is 23.3 Å². The minimum atomic E-state index is -4.44. The van der Waals surface area contributed by atoms with E-state index in [2.05, 4.69) is 0 Å². The lowest BCUT2D eigenvalue weighted by Gasteiger charge is -2.13. The molecule has 0 saturated carbocycles. The Bertz CT molecular complexity index is 145. The van der Waals surface area contributed by atoms with Gasteiger partial charge in [0.2, 0.25) is 6.54 Å². The Kier molecular flexibility index (Phi) is 3.28. The molecule has 0 amide bonds. The molecule has 0 aliphatic carbocycles. The number of alkyl halides is 3. The fourth-order valence-corrected chi connectivity index (χ4v) is 0.644. The Morgan fingerprint density at radius 3 is 2.09 bits per heavy atom. The summed E-state index contributed by atoms with van der Waals surface area (Å²) in [4.78, 5) is 8.78. The van der Waals surface area contributed by atoms with E-state index in [1.54, 1.807) is 0 Å². The molecule has 0 spiro atoms. The van der Waals surface area contributed by atoms with Gasteiger partial charge in [0.25, 0.3) is 0 Å². The van der Waals surface area contributed by atoms with Gasteiger partial charge in [-0.05, 0) is 6.42 Å². The zero-order valence-corrected chi connectivity index (χ0v) is 5.89. The van der Waals surface area contributed by atoms with Crippen molar-refractivity contribution >= 4 is 0 Å². The van der Waals surface area contributed by atoms with Gasteiger partial charge in [0.15, 0.2) is 0 Å². The molecule has 11 heavy (non-hydrogen) atoms. The quantitative estimate of drug-likeness (QED) is 0.480. The molecule has 0 aliphatic rings. The Balaban J connectivity index is 4.07. The summed E-state index contributed by atoms with van der Waals surface area (Å²) < 4.78 is 35.3. The molecule has 1 atom stereocenters. The summed E-state index contributed by atoms with van der Waals surface area (Å²) in [6.07, 6.45) is -4.69. The standard InChI is InChI=1S/C5H8F3NO2/c1-2-4(3-9(10)11)5(6,7)8/h4H,2-3H2,1H3. The van der Waals surface area contributed by atoms with Crippen molar-refractivity contribution in [1.82, 2.24) is 0 Å². The lowest BCUT2D eigenvalue weighted by Crippen LogP contribution is -2.28. The van der Waals surface area contributed by atoms with Crippen molar-refractivity contribution in [2.45, 2.75) is 19.5 Å². The number of halogens is 3. The zero-order chi connectivity index (χ0) is 9.07. The number of hydrogen-bond donors (Lipinski definition) is 0. The average Bonchev–Trinajstić information content (AvgIpc) is 1.79. The van der Waals surface area contributed by atoms with Crippen molar-refractivity contribution < 1.29 is 18.1 Å². The smallest absolute Gasteiger partial charge is 0.265 e. The van der Waals surface area contributed by atoms with Crippen LogP contribution in [-0.4, -0.2) is 17.6 Å². The molecule has 0 aromatic carbocycles. The summed E-state index contributed by atoms with van der Waals surface area (Å²) >= 11 is 0. The molecule has 0 radical (unpaired) electrons.